The average Bonchev–Trinajstić information content (AvgIpc) is 2.83. The van der Waals surface area contributed by atoms with Gasteiger partial charge in [-0.3, -0.25) is 4.79 Å². The summed E-state index contributed by atoms with van der Waals surface area (Å²) in [6, 6.07) is -0.564. The molecule has 0 aromatic rings. The molecule has 2 aliphatic rings. The van der Waals surface area contributed by atoms with Gasteiger partial charge in [-0.25, -0.2) is 4.79 Å². The van der Waals surface area contributed by atoms with Crippen molar-refractivity contribution < 1.29 is 19.4 Å². The van der Waals surface area contributed by atoms with Crippen LogP contribution in [0.5, 0.6) is 0 Å². The first-order chi connectivity index (χ1) is 10.0. The Hall–Kier alpha value is -1.30. The van der Waals surface area contributed by atoms with Gasteiger partial charge in [0.05, 0.1) is 11.5 Å². The molecule has 1 aliphatic carbocycles. The van der Waals surface area contributed by atoms with Crippen LogP contribution < -0.4 is 10.6 Å². The zero-order valence-corrected chi connectivity index (χ0v) is 12.7. The number of aliphatic carboxylic acids is 1. The van der Waals surface area contributed by atoms with Crippen LogP contribution in [0.4, 0.5) is 4.79 Å². The van der Waals surface area contributed by atoms with Crippen LogP contribution >= 0.6 is 0 Å². The summed E-state index contributed by atoms with van der Waals surface area (Å²) in [6.07, 6.45) is 6.61. The Morgan fingerprint density at radius 2 is 2.10 bits per heavy atom. The Morgan fingerprint density at radius 1 is 1.29 bits per heavy atom. The van der Waals surface area contributed by atoms with Gasteiger partial charge >= 0.3 is 12.0 Å². The molecule has 1 heterocycles. The topological polar surface area (TPSA) is 87.7 Å². The third-order valence-corrected chi connectivity index (χ3v) is 4.78. The van der Waals surface area contributed by atoms with Crippen LogP contribution in [-0.4, -0.2) is 42.4 Å². The Balaban J connectivity index is 1.70. The van der Waals surface area contributed by atoms with E-state index < -0.39 is 11.4 Å². The van der Waals surface area contributed by atoms with Crippen molar-refractivity contribution in [1.29, 1.82) is 0 Å². The molecule has 120 valence electrons. The molecule has 3 N–H and O–H groups in total. The Morgan fingerprint density at radius 3 is 2.76 bits per heavy atom. The molecule has 0 aromatic heterocycles. The van der Waals surface area contributed by atoms with Gasteiger partial charge in [-0.2, -0.15) is 0 Å². The highest BCUT2D eigenvalue weighted by molar-refractivity contribution is 5.79. The predicted octanol–water partition coefficient (Wildman–Crippen LogP) is 1.89. The lowest BCUT2D eigenvalue weighted by molar-refractivity contribution is -0.148. The molecule has 0 bridgehead atoms. The summed E-state index contributed by atoms with van der Waals surface area (Å²) in [7, 11) is 0. The second kappa shape index (κ2) is 7.11. The number of carbonyl (C=O) groups is 2. The fourth-order valence-corrected chi connectivity index (χ4v) is 3.24. The van der Waals surface area contributed by atoms with E-state index in [-0.39, 0.29) is 18.2 Å². The minimum absolute atomic E-state index is 0.245. The zero-order valence-electron chi connectivity index (χ0n) is 12.7. The van der Waals surface area contributed by atoms with E-state index in [1.807, 2.05) is 0 Å². The Bertz CT molecular complexity index is 382. The van der Waals surface area contributed by atoms with E-state index >= 15 is 0 Å². The molecule has 3 atom stereocenters. The van der Waals surface area contributed by atoms with Crippen molar-refractivity contribution in [3.63, 3.8) is 0 Å². The Labute approximate surface area is 125 Å². The van der Waals surface area contributed by atoms with Crippen molar-refractivity contribution in [3.05, 3.63) is 0 Å². The molecular formula is C15H26N2O4. The van der Waals surface area contributed by atoms with Gasteiger partial charge in [0.25, 0.3) is 0 Å². The van der Waals surface area contributed by atoms with E-state index in [0.29, 0.717) is 13.0 Å². The second-order valence-corrected chi connectivity index (χ2v) is 6.34. The third-order valence-electron chi connectivity index (χ3n) is 4.78. The van der Waals surface area contributed by atoms with Crippen LogP contribution in [0.3, 0.4) is 0 Å². The number of rotatable bonds is 5. The number of carboxylic acids is 1. The quantitative estimate of drug-likeness (QED) is 0.723. The highest BCUT2D eigenvalue weighted by atomic mass is 16.5. The molecule has 0 aromatic carbocycles. The molecule has 1 saturated carbocycles. The van der Waals surface area contributed by atoms with E-state index in [0.717, 1.165) is 38.7 Å². The molecule has 2 amide bonds. The van der Waals surface area contributed by atoms with E-state index in [4.69, 9.17) is 4.74 Å². The molecule has 3 unspecified atom stereocenters. The first-order valence-corrected chi connectivity index (χ1v) is 7.92. The van der Waals surface area contributed by atoms with Crippen LogP contribution in [-0.2, 0) is 9.53 Å². The highest BCUT2D eigenvalue weighted by Crippen LogP contribution is 2.38. The summed E-state index contributed by atoms with van der Waals surface area (Å²) in [4.78, 5) is 23.2. The van der Waals surface area contributed by atoms with Gasteiger partial charge in [-0.1, -0.05) is 6.42 Å². The number of hydrogen-bond acceptors (Lipinski definition) is 3. The fraction of sp³-hybridized carbons (Fsp3) is 0.867. The summed E-state index contributed by atoms with van der Waals surface area (Å²) in [6.45, 7) is 3.09. The maximum Gasteiger partial charge on any atom is 0.315 e. The first kappa shape index (κ1) is 16.1. The van der Waals surface area contributed by atoms with Gasteiger partial charge in [-0.15, -0.1) is 0 Å². The molecule has 2 fully saturated rings. The van der Waals surface area contributed by atoms with Crippen LogP contribution in [0.1, 0.15) is 51.9 Å². The molecule has 6 heteroatoms. The van der Waals surface area contributed by atoms with Crippen LogP contribution in [0.2, 0.25) is 0 Å². The zero-order chi connectivity index (χ0) is 15.3. The molecule has 2 rings (SSSR count). The number of amides is 2. The molecule has 1 saturated heterocycles. The lowest BCUT2D eigenvalue weighted by atomic mass is 9.85. The predicted molar refractivity (Wildman–Crippen MR) is 78.1 cm³/mol. The van der Waals surface area contributed by atoms with Gasteiger partial charge in [0, 0.05) is 19.2 Å². The van der Waals surface area contributed by atoms with Crippen LogP contribution in [0.15, 0.2) is 0 Å². The molecule has 1 aliphatic heterocycles. The number of urea groups is 1. The summed E-state index contributed by atoms with van der Waals surface area (Å²) in [5.41, 5.74) is -0.843. The highest BCUT2D eigenvalue weighted by Gasteiger charge is 2.45. The molecule has 6 nitrogen and oxygen atoms in total. The van der Waals surface area contributed by atoms with E-state index in [1.54, 1.807) is 6.92 Å². The Kier molecular flexibility index (Phi) is 5.45. The van der Waals surface area contributed by atoms with Crippen molar-refractivity contribution in [3.8, 4) is 0 Å². The fourth-order valence-electron chi connectivity index (χ4n) is 3.24. The van der Waals surface area contributed by atoms with Crippen molar-refractivity contribution in [2.75, 3.05) is 13.2 Å². The number of ether oxygens (including phenoxy) is 1. The first-order valence-electron chi connectivity index (χ1n) is 7.92. The summed E-state index contributed by atoms with van der Waals surface area (Å²) in [5.74, 6) is -0.832. The normalized spacial score (nSPS) is 32.6. The maximum absolute atomic E-state index is 11.9. The smallest absolute Gasteiger partial charge is 0.315 e. The van der Waals surface area contributed by atoms with Crippen LogP contribution in [0.25, 0.3) is 0 Å². The number of carboxylic acid groups (broad SMARTS) is 1. The van der Waals surface area contributed by atoms with Gasteiger partial charge < -0.3 is 20.5 Å². The standard InChI is InChI=1S/C15H26N2O4/c1-15(13(18)19)8-4-6-12(15)17-14(20)16-9-7-11-5-2-3-10-21-11/h11-12H,2-10H2,1H3,(H,18,19)(H2,16,17,20). The van der Waals surface area contributed by atoms with Crippen molar-refractivity contribution in [2.45, 2.75) is 64.0 Å². The minimum atomic E-state index is -0.843. The van der Waals surface area contributed by atoms with Crippen molar-refractivity contribution in [2.24, 2.45) is 5.41 Å². The van der Waals surface area contributed by atoms with E-state index in [1.165, 1.54) is 6.42 Å². The number of carbonyl (C=O) groups excluding carboxylic acids is 1. The van der Waals surface area contributed by atoms with Crippen molar-refractivity contribution in [1.82, 2.24) is 10.6 Å². The van der Waals surface area contributed by atoms with Crippen molar-refractivity contribution >= 4 is 12.0 Å². The third kappa shape index (κ3) is 4.09. The SMILES string of the molecule is CC1(C(=O)O)CCCC1NC(=O)NCCC1CCCCO1. The van der Waals surface area contributed by atoms with Gasteiger partial charge in [0.1, 0.15) is 0 Å². The molecule has 0 radical (unpaired) electrons. The maximum atomic E-state index is 11.9. The number of nitrogens with one attached hydrogen (secondary N) is 2. The molecular weight excluding hydrogens is 272 g/mol. The monoisotopic (exact) mass is 298 g/mol. The summed E-state index contributed by atoms with van der Waals surface area (Å²) < 4.78 is 5.61. The summed E-state index contributed by atoms with van der Waals surface area (Å²) in [5, 5.41) is 14.9. The van der Waals surface area contributed by atoms with E-state index in [9.17, 15) is 14.7 Å². The second-order valence-electron chi connectivity index (χ2n) is 6.34. The van der Waals surface area contributed by atoms with Crippen LogP contribution in [0, 0.1) is 5.41 Å². The van der Waals surface area contributed by atoms with Gasteiger partial charge in [0.2, 0.25) is 0 Å². The average molecular weight is 298 g/mol. The van der Waals surface area contributed by atoms with Gasteiger partial charge in [0.15, 0.2) is 0 Å². The summed E-state index contributed by atoms with van der Waals surface area (Å²) >= 11 is 0. The van der Waals surface area contributed by atoms with Gasteiger partial charge in [-0.05, 0) is 45.4 Å². The molecule has 21 heavy (non-hydrogen) atoms. The number of hydrogen-bond donors (Lipinski definition) is 3. The molecule has 0 spiro atoms. The lowest BCUT2D eigenvalue weighted by Crippen LogP contribution is -2.50. The van der Waals surface area contributed by atoms with E-state index in [2.05, 4.69) is 10.6 Å². The largest absolute Gasteiger partial charge is 0.481 e. The lowest BCUT2D eigenvalue weighted by Gasteiger charge is -2.28. The minimum Gasteiger partial charge on any atom is -0.481 e.